The molecular weight excluding hydrogens is 217 g/mol. The summed E-state index contributed by atoms with van der Waals surface area (Å²) in [5, 5.41) is 3.07. The van der Waals surface area contributed by atoms with Gasteiger partial charge in [-0.05, 0) is 36.3 Å². The Morgan fingerprint density at radius 2 is 2.33 bits per heavy atom. The molecule has 0 unspecified atom stereocenters. The normalized spacial score (nSPS) is 17.5. The van der Waals surface area contributed by atoms with Crippen LogP contribution in [-0.4, -0.2) is 16.5 Å². The van der Waals surface area contributed by atoms with Crippen molar-refractivity contribution in [1.82, 2.24) is 9.97 Å². The maximum absolute atomic E-state index is 13.2. The van der Waals surface area contributed by atoms with Crippen LogP contribution in [0.25, 0.3) is 0 Å². The summed E-state index contributed by atoms with van der Waals surface area (Å²) in [4.78, 5) is 7.36. The Morgan fingerprint density at radius 3 is 2.93 bits per heavy atom. The lowest BCUT2D eigenvalue weighted by atomic mass is 10.0. The molecule has 0 spiro atoms. The maximum atomic E-state index is 13.2. The van der Waals surface area contributed by atoms with E-state index in [-0.39, 0.29) is 11.1 Å². The zero-order valence-corrected chi connectivity index (χ0v) is 9.31. The lowest BCUT2D eigenvalue weighted by molar-refractivity contribution is 0.517. The summed E-state index contributed by atoms with van der Waals surface area (Å²) in [6.07, 6.45) is 4.61. The molecule has 0 saturated heterocycles. The monoisotopic (exact) mass is 229 g/mol. The Balaban J connectivity index is 2.01. The molecule has 1 aromatic rings. The SMILES string of the molecule is CCC1(CNc2nc(Cl)ncc2F)CC1. The van der Waals surface area contributed by atoms with Gasteiger partial charge in [-0.2, -0.15) is 4.98 Å². The van der Waals surface area contributed by atoms with E-state index in [1.54, 1.807) is 0 Å². The second-order valence-electron chi connectivity index (χ2n) is 4.04. The van der Waals surface area contributed by atoms with E-state index in [1.165, 1.54) is 12.8 Å². The van der Waals surface area contributed by atoms with Gasteiger partial charge in [0.2, 0.25) is 5.28 Å². The molecule has 1 aliphatic rings. The van der Waals surface area contributed by atoms with Crippen molar-refractivity contribution < 1.29 is 4.39 Å². The lowest BCUT2D eigenvalue weighted by Gasteiger charge is -2.13. The first kappa shape index (κ1) is 10.6. The summed E-state index contributed by atoms with van der Waals surface area (Å²) < 4.78 is 13.2. The van der Waals surface area contributed by atoms with Crippen LogP contribution in [0, 0.1) is 11.2 Å². The maximum Gasteiger partial charge on any atom is 0.224 e. The Hall–Kier alpha value is -0.900. The van der Waals surface area contributed by atoms with E-state index in [9.17, 15) is 4.39 Å². The first-order chi connectivity index (χ1) is 7.15. The molecule has 82 valence electrons. The molecule has 1 fully saturated rings. The molecule has 1 aliphatic carbocycles. The van der Waals surface area contributed by atoms with Gasteiger partial charge in [-0.25, -0.2) is 9.37 Å². The number of rotatable bonds is 4. The van der Waals surface area contributed by atoms with E-state index in [0.717, 1.165) is 19.2 Å². The van der Waals surface area contributed by atoms with Gasteiger partial charge in [-0.1, -0.05) is 6.92 Å². The minimum absolute atomic E-state index is 0.0697. The number of hydrogen-bond donors (Lipinski definition) is 1. The van der Waals surface area contributed by atoms with Crippen LogP contribution in [0.5, 0.6) is 0 Å². The van der Waals surface area contributed by atoms with E-state index >= 15 is 0 Å². The topological polar surface area (TPSA) is 37.8 Å². The molecule has 0 aromatic carbocycles. The zero-order valence-electron chi connectivity index (χ0n) is 8.56. The van der Waals surface area contributed by atoms with Gasteiger partial charge in [0.1, 0.15) is 0 Å². The summed E-state index contributed by atoms with van der Waals surface area (Å²) in [7, 11) is 0. The van der Waals surface area contributed by atoms with Crippen molar-refractivity contribution in [2.24, 2.45) is 5.41 Å². The van der Waals surface area contributed by atoms with Crippen molar-refractivity contribution in [2.45, 2.75) is 26.2 Å². The van der Waals surface area contributed by atoms with E-state index in [1.807, 2.05) is 0 Å². The number of halogens is 2. The van der Waals surface area contributed by atoms with Crippen LogP contribution in [0.2, 0.25) is 5.28 Å². The molecular formula is C10H13ClFN3. The fourth-order valence-corrected chi connectivity index (χ4v) is 1.71. The summed E-state index contributed by atoms with van der Waals surface area (Å²) >= 11 is 5.59. The van der Waals surface area contributed by atoms with Gasteiger partial charge in [0, 0.05) is 6.54 Å². The van der Waals surface area contributed by atoms with Crippen molar-refractivity contribution in [3.8, 4) is 0 Å². The Kier molecular flexibility index (Phi) is 2.78. The highest BCUT2D eigenvalue weighted by molar-refractivity contribution is 6.28. The number of anilines is 1. The van der Waals surface area contributed by atoms with E-state index in [4.69, 9.17) is 11.6 Å². The molecule has 1 aromatic heterocycles. The molecule has 0 amide bonds. The van der Waals surface area contributed by atoms with E-state index in [0.29, 0.717) is 5.41 Å². The molecule has 1 N–H and O–H groups in total. The lowest BCUT2D eigenvalue weighted by Crippen LogP contribution is -2.16. The van der Waals surface area contributed by atoms with Gasteiger partial charge in [0.15, 0.2) is 11.6 Å². The molecule has 0 atom stereocenters. The van der Waals surface area contributed by atoms with Crippen LogP contribution < -0.4 is 5.32 Å². The second-order valence-corrected chi connectivity index (χ2v) is 4.38. The third kappa shape index (κ3) is 2.37. The fourth-order valence-electron chi connectivity index (χ4n) is 1.57. The first-order valence-electron chi connectivity index (χ1n) is 5.07. The Labute approximate surface area is 93.1 Å². The highest BCUT2D eigenvalue weighted by Crippen LogP contribution is 2.48. The number of aromatic nitrogens is 2. The molecule has 0 aliphatic heterocycles. The van der Waals surface area contributed by atoms with Crippen molar-refractivity contribution in [3.05, 3.63) is 17.3 Å². The average molecular weight is 230 g/mol. The molecule has 1 saturated carbocycles. The summed E-state index contributed by atoms with van der Waals surface area (Å²) in [6, 6.07) is 0. The van der Waals surface area contributed by atoms with Crippen LogP contribution >= 0.6 is 11.6 Å². The smallest absolute Gasteiger partial charge is 0.224 e. The second kappa shape index (κ2) is 3.93. The third-order valence-electron chi connectivity index (χ3n) is 3.05. The summed E-state index contributed by atoms with van der Waals surface area (Å²) in [5.41, 5.74) is 0.351. The molecule has 3 nitrogen and oxygen atoms in total. The quantitative estimate of drug-likeness (QED) is 0.807. The highest BCUT2D eigenvalue weighted by Gasteiger charge is 2.40. The van der Waals surface area contributed by atoms with Crippen LogP contribution in [0.3, 0.4) is 0 Å². The predicted octanol–water partition coefficient (Wildman–Crippen LogP) is 2.87. The molecule has 5 heteroatoms. The molecule has 0 radical (unpaired) electrons. The Bertz CT molecular complexity index is 366. The number of hydrogen-bond acceptors (Lipinski definition) is 3. The minimum Gasteiger partial charge on any atom is -0.367 e. The summed E-state index contributed by atoms with van der Waals surface area (Å²) in [6.45, 7) is 2.91. The van der Waals surface area contributed by atoms with E-state index in [2.05, 4.69) is 22.2 Å². The third-order valence-corrected chi connectivity index (χ3v) is 3.23. The van der Waals surface area contributed by atoms with Gasteiger partial charge in [-0.3, -0.25) is 0 Å². The van der Waals surface area contributed by atoms with Gasteiger partial charge in [-0.15, -0.1) is 0 Å². The van der Waals surface area contributed by atoms with E-state index < -0.39 is 5.82 Å². The van der Waals surface area contributed by atoms with Crippen molar-refractivity contribution in [3.63, 3.8) is 0 Å². The zero-order chi connectivity index (χ0) is 10.9. The van der Waals surface area contributed by atoms with Crippen LogP contribution in [0.15, 0.2) is 6.20 Å². The van der Waals surface area contributed by atoms with Gasteiger partial charge >= 0.3 is 0 Å². The number of nitrogens with zero attached hydrogens (tertiary/aromatic N) is 2. The average Bonchev–Trinajstić information content (AvgIpc) is 3.00. The highest BCUT2D eigenvalue weighted by atomic mass is 35.5. The predicted molar refractivity (Wildman–Crippen MR) is 57.4 cm³/mol. The summed E-state index contributed by atoms with van der Waals surface area (Å²) in [5.74, 6) is -0.249. The van der Waals surface area contributed by atoms with Gasteiger partial charge < -0.3 is 5.32 Å². The minimum atomic E-state index is -0.452. The molecule has 2 rings (SSSR count). The fraction of sp³-hybridized carbons (Fsp3) is 0.600. The first-order valence-corrected chi connectivity index (χ1v) is 5.45. The van der Waals surface area contributed by atoms with Gasteiger partial charge in [0.25, 0.3) is 0 Å². The van der Waals surface area contributed by atoms with Crippen molar-refractivity contribution >= 4 is 17.4 Å². The van der Waals surface area contributed by atoms with Crippen LogP contribution in [0.4, 0.5) is 10.2 Å². The van der Waals surface area contributed by atoms with Crippen molar-refractivity contribution in [2.75, 3.05) is 11.9 Å². The largest absolute Gasteiger partial charge is 0.367 e. The van der Waals surface area contributed by atoms with Gasteiger partial charge in [0.05, 0.1) is 6.20 Å². The van der Waals surface area contributed by atoms with Crippen LogP contribution in [0.1, 0.15) is 26.2 Å². The van der Waals surface area contributed by atoms with Crippen molar-refractivity contribution in [1.29, 1.82) is 0 Å². The van der Waals surface area contributed by atoms with Crippen LogP contribution in [-0.2, 0) is 0 Å². The Morgan fingerprint density at radius 1 is 1.60 bits per heavy atom. The number of nitrogens with one attached hydrogen (secondary N) is 1. The molecule has 1 heterocycles. The molecule has 0 bridgehead atoms. The molecule has 15 heavy (non-hydrogen) atoms. The standard InChI is InChI=1S/C10H13ClFN3/c1-2-10(3-4-10)6-14-8-7(12)5-13-9(11)15-8/h5H,2-4,6H2,1H3,(H,13,14,15).